The molecule has 1 aromatic carbocycles. The van der Waals surface area contributed by atoms with E-state index in [1.54, 1.807) is 0 Å². The van der Waals surface area contributed by atoms with E-state index in [0.29, 0.717) is 26.1 Å². The van der Waals surface area contributed by atoms with E-state index in [0.717, 1.165) is 12.1 Å². The first-order valence-corrected chi connectivity index (χ1v) is 7.21. The molecule has 0 atom stereocenters. The fourth-order valence-electron chi connectivity index (χ4n) is 2.39. The predicted octanol–water partition coefficient (Wildman–Crippen LogP) is 1.22. The van der Waals surface area contributed by atoms with Gasteiger partial charge in [0.05, 0.1) is 12.0 Å². The Morgan fingerprint density at radius 1 is 1.36 bits per heavy atom. The van der Waals surface area contributed by atoms with Gasteiger partial charge in [0.25, 0.3) is 0 Å². The number of nitrogens with two attached hydrogens (primary N) is 1. The minimum Gasteiger partial charge on any atom is -0.489 e. The van der Waals surface area contributed by atoms with Crippen LogP contribution in [-0.2, 0) is 9.53 Å². The molecule has 22 heavy (non-hydrogen) atoms. The van der Waals surface area contributed by atoms with Crippen LogP contribution in [0, 0.1) is 17.0 Å². The molecule has 0 unspecified atom stereocenters. The molecule has 7 heteroatoms. The van der Waals surface area contributed by atoms with Gasteiger partial charge >= 0.3 is 0 Å². The number of carbonyl (C=O) groups is 1. The van der Waals surface area contributed by atoms with Crippen molar-refractivity contribution >= 4 is 5.91 Å². The van der Waals surface area contributed by atoms with E-state index in [2.05, 4.69) is 5.32 Å². The number of halogens is 2. The number of amides is 1. The lowest BCUT2D eigenvalue weighted by Gasteiger charge is -2.34. The summed E-state index contributed by atoms with van der Waals surface area (Å²) in [5.74, 6) is -1.62. The quantitative estimate of drug-likeness (QED) is 0.774. The van der Waals surface area contributed by atoms with Gasteiger partial charge in [0, 0.05) is 25.8 Å². The van der Waals surface area contributed by atoms with Crippen LogP contribution >= 0.6 is 0 Å². The smallest absolute Gasteiger partial charge is 0.227 e. The van der Waals surface area contributed by atoms with E-state index in [-0.39, 0.29) is 31.4 Å². The first-order chi connectivity index (χ1) is 10.6. The summed E-state index contributed by atoms with van der Waals surface area (Å²) in [6, 6.07) is 3.08. The molecule has 1 aliphatic heterocycles. The molecular weight excluding hydrogens is 294 g/mol. The van der Waals surface area contributed by atoms with Gasteiger partial charge in [-0.15, -0.1) is 0 Å². The van der Waals surface area contributed by atoms with Crippen molar-refractivity contribution < 1.29 is 23.0 Å². The molecule has 0 saturated carbocycles. The molecule has 0 aliphatic carbocycles. The number of ether oxygens (including phenoxy) is 2. The predicted molar refractivity (Wildman–Crippen MR) is 76.4 cm³/mol. The van der Waals surface area contributed by atoms with Gasteiger partial charge in [-0.25, -0.2) is 8.78 Å². The molecular formula is C15H20F2N2O3. The van der Waals surface area contributed by atoms with Crippen LogP contribution in [0.25, 0.3) is 0 Å². The van der Waals surface area contributed by atoms with Crippen molar-refractivity contribution in [1.29, 1.82) is 0 Å². The van der Waals surface area contributed by atoms with Crippen molar-refractivity contribution in [2.24, 2.45) is 11.1 Å². The highest BCUT2D eigenvalue weighted by Gasteiger charge is 2.38. The SMILES string of the molecule is NCC1(C(=O)NCCOc2ccc(F)cc2F)CCOCC1. The molecule has 5 nitrogen and oxygen atoms in total. The Morgan fingerprint density at radius 2 is 2.09 bits per heavy atom. The zero-order valence-corrected chi connectivity index (χ0v) is 12.2. The summed E-state index contributed by atoms with van der Waals surface area (Å²) in [5.41, 5.74) is 5.14. The van der Waals surface area contributed by atoms with Crippen molar-refractivity contribution in [2.75, 3.05) is 32.9 Å². The van der Waals surface area contributed by atoms with Crippen LogP contribution in [0.5, 0.6) is 5.75 Å². The van der Waals surface area contributed by atoms with Crippen LogP contribution in [0.3, 0.4) is 0 Å². The average Bonchev–Trinajstić information content (AvgIpc) is 2.53. The summed E-state index contributed by atoms with van der Waals surface area (Å²) in [6.45, 7) is 1.60. The fraction of sp³-hybridized carbons (Fsp3) is 0.533. The van der Waals surface area contributed by atoms with Gasteiger partial charge in [0.15, 0.2) is 11.6 Å². The molecule has 0 bridgehead atoms. The first-order valence-electron chi connectivity index (χ1n) is 7.21. The molecule has 1 heterocycles. The zero-order chi connectivity index (χ0) is 16.0. The monoisotopic (exact) mass is 314 g/mol. The number of hydrogen-bond donors (Lipinski definition) is 2. The van der Waals surface area contributed by atoms with Crippen LogP contribution < -0.4 is 15.8 Å². The Bertz CT molecular complexity index is 520. The minimum atomic E-state index is -0.769. The van der Waals surface area contributed by atoms with Gasteiger partial charge in [-0.2, -0.15) is 0 Å². The standard InChI is InChI=1S/C15H20F2N2O3/c16-11-1-2-13(12(17)9-11)22-8-5-19-14(20)15(10-18)3-6-21-7-4-15/h1-2,9H,3-8,10,18H2,(H,19,20). The van der Waals surface area contributed by atoms with Gasteiger partial charge in [-0.1, -0.05) is 0 Å². The second kappa shape index (κ2) is 7.51. The molecule has 1 aliphatic rings. The molecule has 0 radical (unpaired) electrons. The molecule has 1 aromatic rings. The third-order valence-corrected chi connectivity index (χ3v) is 3.86. The summed E-state index contributed by atoms with van der Waals surface area (Å²) >= 11 is 0. The van der Waals surface area contributed by atoms with E-state index < -0.39 is 17.0 Å². The van der Waals surface area contributed by atoms with Crippen LogP contribution in [0.1, 0.15) is 12.8 Å². The van der Waals surface area contributed by atoms with Crippen molar-refractivity contribution in [3.63, 3.8) is 0 Å². The first kappa shape index (κ1) is 16.6. The fourth-order valence-corrected chi connectivity index (χ4v) is 2.39. The molecule has 1 saturated heterocycles. The third-order valence-electron chi connectivity index (χ3n) is 3.86. The summed E-state index contributed by atoms with van der Waals surface area (Å²) in [4.78, 5) is 12.2. The Kier molecular flexibility index (Phi) is 5.68. The van der Waals surface area contributed by atoms with Crippen LogP contribution in [0.4, 0.5) is 8.78 Å². The summed E-state index contributed by atoms with van der Waals surface area (Å²) in [5, 5.41) is 2.75. The highest BCUT2D eigenvalue weighted by Crippen LogP contribution is 2.29. The van der Waals surface area contributed by atoms with Gasteiger partial charge in [-0.3, -0.25) is 4.79 Å². The third kappa shape index (κ3) is 3.92. The Morgan fingerprint density at radius 3 is 2.73 bits per heavy atom. The van der Waals surface area contributed by atoms with Crippen molar-refractivity contribution in [3.05, 3.63) is 29.8 Å². The highest BCUT2D eigenvalue weighted by molar-refractivity contribution is 5.83. The topological polar surface area (TPSA) is 73.6 Å². The number of hydrogen-bond acceptors (Lipinski definition) is 4. The van der Waals surface area contributed by atoms with Gasteiger partial charge in [-0.05, 0) is 25.0 Å². The zero-order valence-electron chi connectivity index (χ0n) is 12.2. The van der Waals surface area contributed by atoms with Crippen molar-refractivity contribution in [2.45, 2.75) is 12.8 Å². The van der Waals surface area contributed by atoms with Gasteiger partial charge in [0.2, 0.25) is 5.91 Å². The van der Waals surface area contributed by atoms with Crippen LogP contribution in [0.2, 0.25) is 0 Å². The van der Waals surface area contributed by atoms with Crippen LogP contribution in [0.15, 0.2) is 18.2 Å². The van der Waals surface area contributed by atoms with E-state index >= 15 is 0 Å². The highest BCUT2D eigenvalue weighted by atomic mass is 19.1. The molecule has 1 fully saturated rings. The minimum absolute atomic E-state index is 0.0461. The second-order valence-electron chi connectivity index (χ2n) is 5.28. The van der Waals surface area contributed by atoms with E-state index in [1.165, 1.54) is 6.07 Å². The Balaban J connectivity index is 1.79. The largest absolute Gasteiger partial charge is 0.489 e. The lowest BCUT2D eigenvalue weighted by atomic mass is 9.79. The molecule has 0 aromatic heterocycles. The molecule has 3 N–H and O–H groups in total. The lowest BCUT2D eigenvalue weighted by molar-refractivity contribution is -0.136. The number of nitrogens with one attached hydrogen (secondary N) is 1. The second-order valence-corrected chi connectivity index (χ2v) is 5.28. The molecule has 1 amide bonds. The molecule has 0 spiro atoms. The maximum absolute atomic E-state index is 13.4. The van der Waals surface area contributed by atoms with Crippen LogP contribution in [-0.4, -0.2) is 38.8 Å². The number of rotatable bonds is 6. The molecule has 2 rings (SSSR count). The number of carbonyl (C=O) groups excluding carboxylic acids is 1. The van der Waals surface area contributed by atoms with Gasteiger partial charge in [0.1, 0.15) is 12.4 Å². The van der Waals surface area contributed by atoms with Crippen molar-refractivity contribution in [3.8, 4) is 5.75 Å². The maximum Gasteiger partial charge on any atom is 0.227 e. The van der Waals surface area contributed by atoms with Crippen molar-refractivity contribution in [1.82, 2.24) is 5.32 Å². The summed E-state index contributed by atoms with van der Waals surface area (Å²) < 4.78 is 36.5. The number of benzene rings is 1. The summed E-state index contributed by atoms with van der Waals surface area (Å²) in [6.07, 6.45) is 1.17. The maximum atomic E-state index is 13.4. The Labute approximate surface area is 127 Å². The molecule has 122 valence electrons. The van der Waals surface area contributed by atoms with E-state index in [1.807, 2.05) is 0 Å². The lowest BCUT2D eigenvalue weighted by Crippen LogP contribution is -2.49. The van der Waals surface area contributed by atoms with Gasteiger partial charge < -0.3 is 20.5 Å². The van der Waals surface area contributed by atoms with E-state index in [9.17, 15) is 13.6 Å². The van der Waals surface area contributed by atoms with E-state index in [4.69, 9.17) is 15.2 Å². The summed E-state index contributed by atoms with van der Waals surface area (Å²) in [7, 11) is 0. The average molecular weight is 314 g/mol. The normalized spacial score (nSPS) is 17.0. The Hall–Kier alpha value is -1.73.